The molecule has 3 amide bonds. The fraction of sp³-hybridized carbons (Fsp3) is 0.185. The number of hydrogen-bond acceptors (Lipinski definition) is 5. The van der Waals surface area contributed by atoms with E-state index >= 15 is 0 Å². The van der Waals surface area contributed by atoms with E-state index in [4.69, 9.17) is 4.74 Å². The van der Waals surface area contributed by atoms with Gasteiger partial charge in [-0.15, -0.1) is 0 Å². The Hall–Kier alpha value is -4.26. The van der Waals surface area contributed by atoms with Gasteiger partial charge in [0.05, 0.1) is 22.7 Å². The third-order valence-corrected chi connectivity index (χ3v) is 5.80. The largest absolute Gasteiger partial charge is 0.452 e. The molecule has 0 radical (unpaired) electrons. The Kier molecular flexibility index (Phi) is 6.54. The van der Waals surface area contributed by atoms with Crippen LogP contribution in [0.3, 0.4) is 0 Å². The Morgan fingerprint density at radius 3 is 2.26 bits per heavy atom. The van der Waals surface area contributed by atoms with Gasteiger partial charge < -0.3 is 10.1 Å². The lowest BCUT2D eigenvalue weighted by Gasteiger charge is -2.22. The normalized spacial score (nSPS) is 13.4. The highest BCUT2D eigenvalue weighted by Crippen LogP contribution is 2.31. The van der Waals surface area contributed by atoms with Crippen molar-refractivity contribution in [3.05, 3.63) is 101 Å². The van der Waals surface area contributed by atoms with Crippen LogP contribution in [0.4, 0.5) is 5.69 Å². The molecular weight excluding hydrogens is 432 g/mol. The van der Waals surface area contributed by atoms with Gasteiger partial charge in [-0.1, -0.05) is 49.4 Å². The second-order valence-corrected chi connectivity index (χ2v) is 8.00. The maximum Gasteiger partial charge on any atom is 0.338 e. The van der Waals surface area contributed by atoms with Gasteiger partial charge in [0.15, 0.2) is 6.61 Å². The van der Waals surface area contributed by atoms with E-state index < -0.39 is 36.3 Å². The molecule has 1 aliphatic heterocycles. The number of anilines is 1. The number of benzene rings is 3. The molecular formula is C27H24N2O5. The van der Waals surface area contributed by atoms with Gasteiger partial charge in [-0.2, -0.15) is 0 Å². The molecule has 7 nitrogen and oxygen atoms in total. The number of esters is 1. The number of aryl methyl sites for hydroxylation is 1. The van der Waals surface area contributed by atoms with Gasteiger partial charge in [0, 0.05) is 5.69 Å². The summed E-state index contributed by atoms with van der Waals surface area (Å²) in [6.45, 7) is 3.34. The maximum absolute atomic E-state index is 13.0. The predicted octanol–water partition coefficient (Wildman–Crippen LogP) is 4.40. The molecule has 1 atom stereocenters. The minimum absolute atomic E-state index is 0.0919. The van der Waals surface area contributed by atoms with Gasteiger partial charge in [0.1, 0.15) is 0 Å². The first-order chi connectivity index (χ1) is 16.4. The zero-order valence-corrected chi connectivity index (χ0v) is 18.9. The number of carbonyl (C=O) groups is 4. The van der Waals surface area contributed by atoms with E-state index in [0.717, 1.165) is 17.5 Å². The molecule has 34 heavy (non-hydrogen) atoms. The predicted molar refractivity (Wildman–Crippen MR) is 127 cm³/mol. The van der Waals surface area contributed by atoms with Crippen molar-refractivity contribution in [2.75, 3.05) is 11.9 Å². The maximum atomic E-state index is 13.0. The number of nitrogens with one attached hydrogen (secondary N) is 1. The van der Waals surface area contributed by atoms with Crippen molar-refractivity contribution in [1.82, 2.24) is 4.90 Å². The standard InChI is InChI=1S/C27H24N2O5/c1-3-18-9-12-21(13-10-18)28-24(30)16-34-27(33)20-11-14-22-23(15-20)26(32)29(25(22)31)17(2)19-7-5-4-6-8-19/h4-15,17H,3,16H2,1-2H3,(H,28,30)/t17-/m1/s1. The molecule has 1 N–H and O–H groups in total. The molecule has 0 bridgehead atoms. The average molecular weight is 456 g/mol. The number of nitrogens with zero attached hydrogens (tertiary/aromatic N) is 1. The van der Waals surface area contributed by atoms with E-state index in [9.17, 15) is 19.2 Å². The van der Waals surface area contributed by atoms with Crippen LogP contribution in [-0.2, 0) is 16.0 Å². The first-order valence-electron chi connectivity index (χ1n) is 11.0. The van der Waals surface area contributed by atoms with Crippen molar-refractivity contribution in [2.24, 2.45) is 0 Å². The van der Waals surface area contributed by atoms with Crippen LogP contribution in [0.1, 0.15) is 62.1 Å². The topological polar surface area (TPSA) is 92.8 Å². The van der Waals surface area contributed by atoms with E-state index in [0.29, 0.717) is 5.69 Å². The molecule has 3 aromatic rings. The quantitative estimate of drug-likeness (QED) is 0.420. The molecule has 172 valence electrons. The van der Waals surface area contributed by atoms with Crippen molar-refractivity contribution in [3.63, 3.8) is 0 Å². The third kappa shape index (κ3) is 4.59. The van der Waals surface area contributed by atoms with Crippen LogP contribution in [0, 0.1) is 0 Å². The SMILES string of the molecule is CCc1ccc(NC(=O)COC(=O)c2ccc3c(c2)C(=O)N([C@H](C)c2ccccc2)C3=O)cc1. The van der Waals surface area contributed by atoms with E-state index in [1.54, 1.807) is 19.1 Å². The van der Waals surface area contributed by atoms with Gasteiger partial charge in [-0.05, 0) is 54.8 Å². The van der Waals surface area contributed by atoms with Crippen LogP contribution < -0.4 is 5.32 Å². The van der Waals surface area contributed by atoms with Gasteiger partial charge in [0.2, 0.25) is 0 Å². The molecule has 1 aliphatic rings. The van der Waals surface area contributed by atoms with E-state index in [1.807, 2.05) is 49.4 Å². The summed E-state index contributed by atoms with van der Waals surface area (Å²) in [6, 6.07) is 20.4. The monoisotopic (exact) mass is 456 g/mol. The number of hydrogen-bond donors (Lipinski definition) is 1. The molecule has 0 fully saturated rings. The Labute approximate surface area is 197 Å². The van der Waals surface area contributed by atoms with Crippen molar-refractivity contribution in [1.29, 1.82) is 0 Å². The lowest BCUT2D eigenvalue weighted by atomic mass is 10.1. The summed E-state index contributed by atoms with van der Waals surface area (Å²) >= 11 is 0. The minimum Gasteiger partial charge on any atom is -0.452 e. The molecule has 0 saturated carbocycles. The fourth-order valence-electron chi connectivity index (χ4n) is 3.85. The Morgan fingerprint density at radius 2 is 1.59 bits per heavy atom. The molecule has 0 aromatic heterocycles. The minimum atomic E-state index is -0.755. The number of amides is 3. The van der Waals surface area contributed by atoms with Crippen LogP contribution in [0.15, 0.2) is 72.8 Å². The van der Waals surface area contributed by atoms with Crippen molar-refractivity contribution >= 4 is 29.4 Å². The second-order valence-electron chi connectivity index (χ2n) is 8.00. The third-order valence-electron chi connectivity index (χ3n) is 5.80. The number of rotatable bonds is 7. The zero-order chi connectivity index (χ0) is 24.2. The number of imide groups is 1. The van der Waals surface area contributed by atoms with Crippen LogP contribution in [-0.4, -0.2) is 35.2 Å². The highest BCUT2D eigenvalue weighted by atomic mass is 16.5. The van der Waals surface area contributed by atoms with Gasteiger partial charge in [0.25, 0.3) is 17.7 Å². The van der Waals surface area contributed by atoms with E-state index in [2.05, 4.69) is 5.32 Å². The fourth-order valence-corrected chi connectivity index (χ4v) is 3.85. The molecule has 0 saturated heterocycles. The van der Waals surface area contributed by atoms with Crippen molar-refractivity contribution < 1.29 is 23.9 Å². The summed E-state index contributed by atoms with van der Waals surface area (Å²) in [5, 5.41) is 2.67. The van der Waals surface area contributed by atoms with Crippen LogP contribution >= 0.6 is 0 Å². The number of ether oxygens (including phenoxy) is 1. The first kappa shape index (κ1) is 22.9. The van der Waals surface area contributed by atoms with Crippen molar-refractivity contribution in [3.8, 4) is 0 Å². The molecule has 0 unspecified atom stereocenters. The molecule has 3 aromatic carbocycles. The van der Waals surface area contributed by atoms with Crippen LogP contribution in [0.25, 0.3) is 0 Å². The molecule has 1 heterocycles. The van der Waals surface area contributed by atoms with Gasteiger partial charge in [-0.3, -0.25) is 19.3 Å². The second kappa shape index (κ2) is 9.70. The zero-order valence-electron chi connectivity index (χ0n) is 18.9. The summed E-state index contributed by atoms with van der Waals surface area (Å²) in [5.41, 5.74) is 3.04. The molecule has 0 spiro atoms. The van der Waals surface area contributed by atoms with Crippen molar-refractivity contribution in [2.45, 2.75) is 26.3 Å². The van der Waals surface area contributed by atoms with Crippen LogP contribution in [0.5, 0.6) is 0 Å². The lowest BCUT2D eigenvalue weighted by Crippen LogP contribution is -2.32. The Morgan fingerprint density at radius 1 is 0.912 bits per heavy atom. The summed E-state index contributed by atoms with van der Waals surface area (Å²) in [7, 11) is 0. The number of carbonyl (C=O) groups excluding carboxylic acids is 4. The molecule has 0 aliphatic carbocycles. The summed E-state index contributed by atoms with van der Waals surface area (Å²) in [6.07, 6.45) is 0.893. The molecule has 7 heteroatoms. The Balaban J connectivity index is 1.41. The lowest BCUT2D eigenvalue weighted by molar-refractivity contribution is -0.119. The number of fused-ring (bicyclic) bond motifs is 1. The highest BCUT2D eigenvalue weighted by Gasteiger charge is 2.39. The Bertz CT molecular complexity index is 1250. The smallest absolute Gasteiger partial charge is 0.338 e. The van der Waals surface area contributed by atoms with Gasteiger partial charge >= 0.3 is 5.97 Å². The van der Waals surface area contributed by atoms with E-state index in [1.165, 1.54) is 23.1 Å². The molecule has 4 rings (SSSR count). The highest BCUT2D eigenvalue weighted by molar-refractivity contribution is 6.22. The summed E-state index contributed by atoms with van der Waals surface area (Å²) < 4.78 is 5.11. The summed E-state index contributed by atoms with van der Waals surface area (Å²) in [5.74, 6) is -2.12. The van der Waals surface area contributed by atoms with E-state index in [-0.39, 0.29) is 16.7 Å². The summed E-state index contributed by atoms with van der Waals surface area (Å²) in [4.78, 5) is 51.7. The van der Waals surface area contributed by atoms with Crippen LogP contribution in [0.2, 0.25) is 0 Å². The van der Waals surface area contributed by atoms with Gasteiger partial charge in [-0.25, -0.2) is 4.79 Å². The first-order valence-corrected chi connectivity index (χ1v) is 11.0. The average Bonchev–Trinajstić information content (AvgIpc) is 3.12.